The van der Waals surface area contributed by atoms with Crippen LogP contribution in [0, 0.1) is 0 Å². The summed E-state index contributed by atoms with van der Waals surface area (Å²) < 4.78 is 5.90. The molecule has 0 saturated carbocycles. The highest BCUT2D eigenvalue weighted by Gasteiger charge is 2.40. The van der Waals surface area contributed by atoms with E-state index in [1.807, 2.05) is 6.92 Å². The molecule has 1 aliphatic rings. The quantitative estimate of drug-likeness (QED) is 0.718. The fourth-order valence-corrected chi connectivity index (χ4v) is 2.55. The molecule has 0 aromatic rings. The average Bonchev–Trinajstić information content (AvgIpc) is 2.34. The Morgan fingerprint density at radius 1 is 1.10 bits per heavy atom. The number of allylic oxidation sites excluding steroid dienone is 2. The number of carbonyl (C=O) groups excluding carboxylic acids is 3. The Morgan fingerprint density at radius 2 is 1.70 bits per heavy atom. The number of hydrogen-bond donors (Lipinski definition) is 0. The van der Waals surface area contributed by atoms with Crippen molar-refractivity contribution in [3.8, 4) is 0 Å². The molecule has 0 bridgehead atoms. The van der Waals surface area contributed by atoms with Crippen LogP contribution in [0.2, 0.25) is 0 Å². The first-order chi connectivity index (χ1) is 9.27. The summed E-state index contributed by atoms with van der Waals surface area (Å²) >= 11 is 0. The SMILES string of the molecule is CC(=O)CCC1=C(C)OC(CCC(C)=O)(C(C)=O)CC1. The summed E-state index contributed by atoms with van der Waals surface area (Å²) in [5, 5.41) is 0. The zero-order valence-electron chi connectivity index (χ0n) is 12.9. The largest absolute Gasteiger partial charge is 0.484 e. The maximum absolute atomic E-state index is 11.9. The maximum Gasteiger partial charge on any atom is 0.173 e. The Balaban J connectivity index is 2.81. The molecule has 0 radical (unpaired) electrons. The first kappa shape index (κ1) is 16.6. The van der Waals surface area contributed by atoms with Crippen LogP contribution in [0.1, 0.15) is 66.2 Å². The van der Waals surface area contributed by atoms with Gasteiger partial charge in [0.25, 0.3) is 0 Å². The van der Waals surface area contributed by atoms with E-state index in [-0.39, 0.29) is 17.3 Å². The first-order valence-corrected chi connectivity index (χ1v) is 7.14. The molecule has 1 heterocycles. The molecule has 1 unspecified atom stereocenters. The highest BCUT2D eigenvalue weighted by molar-refractivity contribution is 5.86. The minimum Gasteiger partial charge on any atom is -0.484 e. The molecule has 0 aromatic carbocycles. The van der Waals surface area contributed by atoms with Crippen LogP contribution < -0.4 is 0 Å². The number of carbonyl (C=O) groups is 3. The fraction of sp³-hybridized carbons (Fsp3) is 0.688. The van der Waals surface area contributed by atoms with Gasteiger partial charge in [-0.05, 0) is 52.5 Å². The molecule has 1 rings (SSSR count). The van der Waals surface area contributed by atoms with Crippen molar-refractivity contribution >= 4 is 17.3 Å². The summed E-state index contributed by atoms with van der Waals surface area (Å²) in [6, 6.07) is 0. The van der Waals surface area contributed by atoms with Crippen molar-refractivity contribution < 1.29 is 19.1 Å². The van der Waals surface area contributed by atoms with Crippen molar-refractivity contribution in [2.45, 2.75) is 71.8 Å². The van der Waals surface area contributed by atoms with Gasteiger partial charge < -0.3 is 14.3 Å². The van der Waals surface area contributed by atoms with Crippen molar-refractivity contribution in [3.05, 3.63) is 11.3 Å². The average molecular weight is 280 g/mol. The highest BCUT2D eigenvalue weighted by Crippen LogP contribution is 2.37. The molecule has 0 spiro atoms. The third-order valence-corrected chi connectivity index (χ3v) is 3.98. The molecule has 0 amide bonds. The lowest BCUT2D eigenvalue weighted by Crippen LogP contribution is -2.42. The number of Topliss-reactive ketones (excluding diaryl/α,β-unsaturated/α-hetero) is 3. The van der Waals surface area contributed by atoms with Crippen LogP contribution in [0.3, 0.4) is 0 Å². The summed E-state index contributed by atoms with van der Waals surface area (Å²) in [4.78, 5) is 34.1. The van der Waals surface area contributed by atoms with Crippen molar-refractivity contribution in [1.29, 1.82) is 0 Å². The van der Waals surface area contributed by atoms with Gasteiger partial charge in [-0.15, -0.1) is 0 Å². The summed E-state index contributed by atoms with van der Waals surface area (Å²) in [6.07, 6.45) is 3.36. The van der Waals surface area contributed by atoms with Crippen molar-refractivity contribution in [2.75, 3.05) is 0 Å². The van der Waals surface area contributed by atoms with E-state index in [2.05, 4.69) is 0 Å². The smallest absolute Gasteiger partial charge is 0.173 e. The molecule has 4 heteroatoms. The Labute approximate surface area is 120 Å². The fourth-order valence-electron chi connectivity index (χ4n) is 2.55. The normalized spacial score (nSPS) is 22.4. The minimum atomic E-state index is -0.852. The maximum atomic E-state index is 11.9. The molecule has 112 valence electrons. The van der Waals surface area contributed by atoms with E-state index < -0.39 is 5.60 Å². The molecule has 20 heavy (non-hydrogen) atoms. The van der Waals surface area contributed by atoms with Crippen LogP contribution in [0.5, 0.6) is 0 Å². The predicted octanol–water partition coefficient (Wildman–Crippen LogP) is 3.14. The van der Waals surface area contributed by atoms with E-state index in [0.29, 0.717) is 32.1 Å². The van der Waals surface area contributed by atoms with Crippen LogP contribution in [0.15, 0.2) is 11.3 Å². The standard InChI is InChI=1S/C16H24O4/c1-11(17)5-6-15-8-10-16(14(4)19,20-13(15)3)9-7-12(2)18/h5-10H2,1-4H3. The molecule has 0 fully saturated rings. The molecule has 4 nitrogen and oxygen atoms in total. The number of hydrogen-bond acceptors (Lipinski definition) is 4. The van der Waals surface area contributed by atoms with Crippen LogP contribution in [0.25, 0.3) is 0 Å². The van der Waals surface area contributed by atoms with Gasteiger partial charge in [-0.25, -0.2) is 0 Å². The van der Waals surface area contributed by atoms with E-state index in [1.54, 1.807) is 6.92 Å². The Morgan fingerprint density at radius 3 is 2.15 bits per heavy atom. The van der Waals surface area contributed by atoms with E-state index >= 15 is 0 Å². The van der Waals surface area contributed by atoms with Crippen molar-refractivity contribution in [2.24, 2.45) is 0 Å². The minimum absolute atomic E-state index is 0.0243. The lowest BCUT2D eigenvalue weighted by Gasteiger charge is -2.37. The lowest BCUT2D eigenvalue weighted by molar-refractivity contribution is -0.141. The molecule has 0 N–H and O–H groups in total. The van der Waals surface area contributed by atoms with Crippen LogP contribution in [0.4, 0.5) is 0 Å². The molecule has 1 atom stereocenters. The van der Waals surface area contributed by atoms with Crippen LogP contribution in [-0.2, 0) is 19.1 Å². The number of rotatable bonds is 7. The third-order valence-electron chi connectivity index (χ3n) is 3.98. The monoisotopic (exact) mass is 280 g/mol. The van der Waals surface area contributed by atoms with Gasteiger partial charge >= 0.3 is 0 Å². The van der Waals surface area contributed by atoms with Crippen LogP contribution in [-0.4, -0.2) is 23.0 Å². The molecule has 0 saturated heterocycles. The molecular formula is C16H24O4. The number of ketones is 3. The van der Waals surface area contributed by atoms with Gasteiger partial charge in [0.05, 0.1) is 5.76 Å². The van der Waals surface area contributed by atoms with Gasteiger partial charge in [-0.1, -0.05) is 0 Å². The lowest BCUT2D eigenvalue weighted by atomic mass is 9.83. The van der Waals surface area contributed by atoms with E-state index in [0.717, 1.165) is 17.8 Å². The van der Waals surface area contributed by atoms with E-state index in [1.165, 1.54) is 13.8 Å². The summed E-state index contributed by atoms with van der Waals surface area (Å²) in [7, 11) is 0. The topological polar surface area (TPSA) is 60.4 Å². The highest BCUT2D eigenvalue weighted by atomic mass is 16.5. The van der Waals surface area contributed by atoms with Gasteiger partial charge in [-0.3, -0.25) is 4.79 Å². The van der Waals surface area contributed by atoms with Crippen molar-refractivity contribution in [1.82, 2.24) is 0 Å². The molecule has 1 aliphatic heterocycles. The summed E-state index contributed by atoms with van der Waals surface area (Å²) in [5.41, 5.74) is 0.259. The first-order valence-electron chi connectivity index (χ1n) is 7.14. The summed E-state index contributed by atoms with van der Waals surface area (Å²) in [5.74, 6) is 0.948. The molecule has 0 aromatic heterocycles. The van der Waals surface area contributed by atoms with Gasteiger partial charge in [-0.2, -0.15) is 0 Å². The predicted molar refractivity (Wildman–Crippen MR) is 76.3 cm³/mol. The second-order valence-electron chi connectivity index (χ2n) is 5.72. The van der Waals surface area contributed by atoms with Crippen molar-refractivity contribution in [3.63, 3.8) is 0 Å². The van der Waals surface area contributed by atoms with Gasteiger partial charge in [0, 0.05) is 19.3 Å². The zero-order chi connectivity index (χ0) is 15.3. The third kappa shape index (κ3) is 4.29. The second kappa shape index (κ2) is 6.82. The Bertz CT molecular complexity index is 447. The Kier molecular flexibility index (Phi) is 5.66. The van der Waals surface area contributed by atoms with Crippen LogP contribution >= 0.6 is 0 Å². The second-order valence-corrected chi connectivity index (χ2v) is 5.72. The van der Waals surface area contributed by atoms with Gasteiger partial charge in [0.2, 0.25) is 0 Å². The zero-order valence-corrected chi connectivity index (χ0v) is 12.9. The van der Waals surface area contributed by atoms with Gasteiger partial charge in [0.15, 0.2) is 11.4 Å². The van der Waals surface area contributed by atoms with E-state index in [9.17, 15) is 14.4 Å². The van der Waals surface area contributed by atoms with E-state index in [4.69, 9.17) is 4.74 Å². The molecular weight excluding hydrogens is 256 g/mol. The Hall–Kier alpha value is -1.45. The summed E-state index contributed by atoms with van der Waals surface area (Å²) in [6.45, 7) is 6.47. The van der Waals surface area contributed by atoms with Gasteiger partial charge in [0.1, 0.15) is 11.6 Å². The molecule has 0 aliphatic carbocycles. The number of ether oxygens (including phenoxy) is 1.